The van der Waals surface area contributed by atoms with Crippen LogP contribution in [-0.4, -0.2) is 15.6 Å². The predicted octanol–water partition coefficient (Wildman–Crippen LogP) is 2.85. The molecular weight excluding hydrogens is 294 g/mol. The summed E-state index contributed by atoms with van der Waals surface area (Å²) in [6, 6.07) is 11.1. The first-order valence-corrected chi connectivity index (χ1v) is 7.72. The molecule has 2 rings (SSSR count). The van der Waals surface area contributed by atoms with E-state index < -0.39 is 5.97 Å². The van der Waals surface area contributed by atoms with E-state index in [1.165, 1.54) is 6.07 Å². The minimum absolute atomic E-state index is 0.107. The molecule has 122 valence electrons. The molecule has 0 aliphatic rings. The van der Waals surface area contributed by atoms with Crippen LogP contribution in [0.3, 0.4) is 0 Å². The van der Waals surface area contributed by atoms with Crippen molar-refractivity contribution in [2.45, 2.75) is 39.3 Å². The Morgan fingerprint density at radius 3 is 2.61 bits per heavy atom. The van der Waals surface area contributed by atoms with Crippen molar-refractivity contribution in [3.63, 3.8) is 0 Å². The number of nitrogens with zero attached hydrogens (tertiary/aromatic N) is 1. The van der Waals surface area contributed by atoms with Gasteiger partial charge in [0, 0.05) is 25.2 Å². The highest BCUT2D eigenvalue weighted by Crippen LogP contribution is 2.16. The van der Waals surface area contributed by atoms with Gasteiger partial charge in [0.1, 0.15) is 6.61 Å². The van der Waals surface area contributed by atoms with Crippen molar-refractivity contribution in [3.05, 3.63) is 64.1 Å². The van der Waals surface area contributed by atoms with Gasteiger partial charge in [-0.3, -0.25) is 9.59 Å². The number of hydrogen-bond donors (Lipinski definition) is 1. The lowest BCUT2D eigenvalue weighted by Crippen LogP contribution is -2.17. The third kappa shape index (κ3) is 4.71. The maximum Gasteiger partial charge on any atom is 0.303 e. The molecule has 1 N–H and O–H groups in total. The Hall–Kier alpha value is -2.56. The van der Waals surface area contributed by atoms with Crippen molar-refractivity contribution in [2.24, 2.45) is 0 Å². The average Bonchev–Trinajstić information content (AvgIpc) is 2.55. The smallest absolute Gasteiger partial charge is 0.303 e. The molecule has 0 saturated carbocycles. The van der Waals surface area contributed by atoms with Crippen molar-refractivity contribution < 1.29 is 14.6 Å². The number of carboxylic acid groups (broad SMARTS) is 1. The molecule has 1 heterocycles. The largest absolute Gasteiger partial charge is 0.483 e. The van der Waals surface area contributed by atoms with Crippen LogP contribution in [-0.2, 0) is 24.4 Å². The molecule has 0 spiro atoms. The molecule has 0 radical (unpaired) electrons. The molecule has 0 saturated heterocycles. The van der Waals surface area contributed by atoms with Crippen molar-refractivity contribution >= 4 is 5.97 Å². The van der Waals surface area contributed by atoms with Crippen molar-refractivity contribution in [1.82, 2.24) is 4.57 Å². The predicted molar refractivity (Wildman–Crippen MR) is 87.7 cm³/mol. The summed E-state index contributed by atoms with van der Waals surface area (Å²) in [5.41, 5.74) is 1.65. The Bertz CT molecular complexity index is 707. The molecular formula is C18H21NO4. The van der Waals surface area contributed by atoms with Crippen LogP contribution in [0.4, 0.5) is 0 Å². The zero-order chi connectivity index (χ0) is 16.7. The fourth-order valence-corrected chi connectivity index (χ4v) is 2.45. The van der Waals surface area contributed by atoms with Crippen molar-refractivity contribution in [2.75, 3.05) is 0 Å². The summed E-state index contributed by atoms with van der Waals surface area (Å²) >= 11 is 0. The van der Waals surface area contributed by atoms with Crippen LogP contribution < -0.4 is 10.2 Å². The lowest BCUT2D eigenvalue weighted by Gasteiger charge is -2.16. The molecule has 0 atom stereocenters. The highest BCUT2D eigenvalue weighted by atomic mass is 16.5. The second-order valence-electron chi connectivity index (χ2n) is 5.27. The van der Waals surface area contributed by atoms with Crippen LogP contribution in [0, 0.1) is 0 Å². The minimum atomic E-state index is -0.815. The molecule has 0 unspecified atom stereocenters. The zero-order valence-electron chi connectivity index (χ0n) is 13.2. The topological polar surface area (TPSA) is 68.5 Å². The van der Waals surface area contributed by atoms with Crippen LogP contribution in [0.5, 0.6) is 5.75 Å². The van der Waals surface area contributed by atoms with Crippen LogP contribution in [0.15, 0.2) is 47.4 Å². The van der Waals surface area contributed by atoms with Gasteiger partial charge in [-0.1, -0.05) is 37.3 Å². The van der Waals surface area contributed by atoms with E-state index in [0.717, 1.165) is 11.3 Å². The Balaban J connectivity index is 2.16. The molecule has 1 aromatic heterocycles. The van der Waals surface area contributed by atoms with Gasteiger partial charge < -0.3 is 14.4 Å². The number of aryl methyl sites for hydroxylation is 1. The lowest BCUT2D eigenvalue weighted by atomic mass is 10.2. The molecule has 0 aliphatic carbocycles. The van der Waals surface area contributed by atoms with Crippen molar-refractivity contribution in [1.29, 1.82) is 0 Å². The Morgan fingerprint density at radius 2 is 1.96 bits per heavy atom. The van der Waals surface area contributed by atoms with E-state index in [9.17, 15) is 9.59 Å². The summed E-state index contributed by atoms with van der Waals surface area (Å²) in [7, 11) is 0. The summed E-state index contributed by atoms with van der Waals surface area (Å²) in [5, 5.41) is 8.74. The first-order valence-electron chi connectivity index (χ1n) is 7.72. The molecule has 2 aromatic rings. The second kappa shape index (κ2) is 8.17. The standard InChI is InChI=1S/C18H21NO4/c1-2-15-18(23-13-14-7-4-3-5-8-14)16(20)10-12-19(15)11-6-9-17(21)22/h3-5,7-8,10,12H,2,6,9,11,13H2,1H3,(H,21,22). The Kier molecular flexibility index (Phi) is 5.97. The number of aromatic nitrogens is 1. The molecule has 0 amide bonds. The van der Waals surface area contributed by atoms with Gasteiger partial charge in [-0.15, -0.1) is 0 Å². The third-order valence-electron chi connectivity index (χ3n) is 3.59. The average molecular weight is 315 g/mol. The number of carboxylic acids is 1. The van der Waals surface area contributed by atoms with E-state index in [1.807, 2.05) is 41.8 Å². The fraction of sp³-hybridized carbons (Fsp3) is 0.333. The lowest BCUT2D eigenvalue weighted by molar-refractivity contribution is -0.137. The van der Waals surface area contributed by atoms with Gasteiger partial charge in [-0.25, -0.2) is 0 Å². The Labute approximate surface area is 135 Å². The normalized spacial score (nSPS) is 10.5. The van der Waals surface area contributed by atoms with E-state index in [4.69, 9.17) is 9.84 Å². The van der Waals surface area contributed by atoms with Gasteiger partial charge in [0.25, 0.3) is 0 Å². The number of rotatable bonds is 8. The summed E-state index contributed by atoms with van der Waals surface area (Å²) in [5.74, 6) is -0.459. The molecule has 5 nitrogen and oxygen atoms in total. The monoisotopic (exact) mass is 315 g/mol. The van der Waals surface area contributed by atoms with E-state index in [2.05, 4.69) is 0 Å². The van der Waals surface area contributed by atoms with Crippen LogP contribution in [0.1, 0.15) is 31.0 Å². The maximum absolute atomic E-state index is 12.1. The van der Waals surface area contributed by atoms with Gasteiger partial charge in [0.15, 0.2) is 5.75 Å². The van der Waals surface area contributed by atoms with E-state index in [0.29, 0.717) is 31.7 Å². The van der Waals surface area contributed by atoms with Crippen LogP contribution in [0.25, 0.3) is 0 Å². The van der Waals surface area contributed by atoms with Gasteiger partial charge in [-0.2, -0.15) is 0 Å². The molecule has 0 bridgehead atoms. The van der Waals surface area contributed by atoms with Gasteiger partial charge in [0.2, 0.25) is 5.43 Å². The SMILES string of the molecule is CCc1c(OCc2ccccc2)c(=O)ccn1CCCC(=O)O. The highest BCUT2D eigenvalue weighted by Gasteiger charge is 2.11. The van der Waals surface area contributed by atoms with Crippen LogP contribution >= 0.6 is 0 Å². The van der Waals surface area contributed by atoms with Gasteiger partial charge in [0.05, 0.1) is 5.69 Å². The van der Waals surface area contributed by atoms with E-state index >= 15 is 0 Å². The molecule has 5 heteroatoms. The molecule has 0 fully saturated rings. The number of ether oxygens (including phenoxy) is 1. The summed E-state index contributed by atoms with van der Waals surface area (Å²) < 4.78 is 7.67. The van der Waals surface area contributed by atoms with Gasteiger partial charge >= 0.3 is 5.97 Å². The van der Waals surface area contributed by atoms with E-state index in [-0.39, 0.29) is 11.8 Å². The number of benzene rings is 1. The summed E-state index contributed by atoms with van der Waals surface area (Å²) in [6.07, 6.45) is 2.98. The fourth-order valence-electron chi connectivity index (χ4n) is 2.45. The second-order valence-corrected chi connectivity index (χ2v) is 5.27. The first kappa shape index (κ1) is 16.8. The summed E-state index contributed by atoms with van der Waals surface area (Å²) in [4.78, 5) is 22.8. The number of pyridine rings is 1. The first-order chi connectivity index (χ1) is 11.1. The zero-order valence-corrected chi connectivity index (χ0v) is 13.2. The maximum atomic E-state index is 12.1. The molecule has 1 aromatic carbocycles. The number of aliphatic carboxylic acids is 1. The summed E-state index contributed by atoms with van der Waals surface area (Å²) in [6.45, 7) is 2.84. The molecule has 23 heavy (non-hydrogen) atoms. The third-order valence-corrected chi connectivity index (χ3v) is 3.59. The Morgan fingerprint density at radius 1 is 1.22 bits per heavy atom. The highest BCUT2D eigenvalue weighted by molar-refractivity contribution is 5.66. The van der Waals surface area contributed by atoms with E-state index in [1.54, 1.807) is 6.20 Å². The van der Waals surface area contributed by atoms with Crippen molar-refractivity contribution in [3.8, 4) is 5.75 Å². The minimum Gasteiger partial charge on any atom is -0.483 e. The van der Waals surface area contributed by atoms with Crippen LogP contribution in [0.2, 0.25) is 0 Å². The number of carbonyl (C=O) groups is 1. The van der Waals surface area contributed by atoms with Gasteiger partial charge in [-0.05, 0) is 18.4 Å². The number of hydrogen-bond acceptors (Lipinski definition) is 3. The molecule has 0 aliphatic heterocycles. The quantitative estimate of drug-likeness (QED) is 0.813.